The number of benzene rings is 1. The molecule has 0 saturated carbocycles. The van der Waals surface area contributed by atoms with Crippen LogP contribution in [0.5, 0.6) is 5.75 Å². The van der Waals surface area contributed by atoms with E-state index < -0.39 is 22.0 Å². The fraction of sp³-hybridized carbons (Fsp3) is 0.364. The third-order valence-corrected chi connectivity index (χ3v) is 4.60. The van der Waals surface area contributed by atoms with Crippen molar-refractivity contribution in [2.75, 3.05) is 14.2 Å². The molecule has 0 radical (unpaired) electrons. The number of sulfonamides is 1. The van der Waals surface area contributed by atoms with E-state index >= 15 is 0 Å². The van der Waals surface area contributed by atoms with E-state index in [2.05, 4.69) is 0 Å². The molecular formula is C11H15NO5S. The largest absolute Gasteiger partial charge is 0.495 e. The van der Waals surface area contributed by atoms with Crippen molar-refractivity contribution in [2.45, 2.75) is 17.9 Å². The highest BCUT2D eigenvalue weighted by molar-refractivity contribution is 7.89. The molecule has 1 aromatic carbocycles. The number of carboxylic acid groups (broad SMARTS) is 1. The summed E-state index contributed by atoms with van der Waals surface area (Å²) in [7, 11) is -1.32. The summed E-state index contributed by atoms with van der Waals surface area (Å²) in [5, 5.41) is 8.85. The van der Waals surface area contributed by atoms with Crippen LogP contribution < -0.4 is 4.74 Å². The van der Waals surface area contributed by atoms with Crippen molar-refractivity contribution in [2.24, 2.45) is 0 Å². The maximum Gasteiger partial charge on any atom is 0.321 e. The lowest BCUT2D eigenvalue weighted by molar-refractivity contribution is -0.140. The van der Waals surface area contributed by atoms with Crippen molar-refractivity contribution in [3.63, 3.8) is 0 Å². The quantitative estimate of drug-likeness (QED) is 0.857. The zero-order chi connectivity index (χ0) is 13.9. The average molecular weight is 273 g/mol. The van der Waals surface area contributed by atoms with Gasteiger partial charge in [0.25, 0.3) is 0 Å². The number of hydrogen-bond acceptors (Lipinski definition) is 4. The summed E-state index contributed by atoms with van der Waals surface area (Å²) in [5.41, 5.74) is 0. The molecule has 0 aliphatic carbocycles. The van der Waals surface area contributed by atoms with Crippen LogP contribution in [-0.2, 0) is 14.8 Å². The topological polar surface area (TPSA) is 83.9 Å². The molecule has 0 spiro atoms. The first-order valence-electron chi connectivity index (χ1n) is 5.16. The van der Waals surface area contributed by atoms with Crippen LogP contribution in [0.1, 0.15) is 6.92 Å². The standard InChI is InChI=1S/C11H15NO5S/c1-8(11(13)14)12(2)18(15,16)10-7-5-4-6-9(10)17-3/h4-8H,1-3H3,(H,13,14). The van der Waals surface area contributed by atoms with Gasteiger partial charge in [0.15, 0.2) is 0 Å². The Hall–Kier alpha value is -1.60. The van der Waals surface area contributed by atoms with Crippen molar-refractivity contribution in [1.82, 2.24) is 4.31 Å². The van der Waals surface area contributed by atoms with Crippen LogP contribution in [0.25, 0.3) is 0 Å². The van der Waals surface area contributed by atoms with Gasteiger partial charge in [-0.2, -0.15) is 4.31 Å². The molecule has 0 aliphatic heterocycles. The summed E-state index contributed by atoms with van der Waals surface area (Å²) in [4.78, 5) is 10.8. The van der Waals surface area contributed by atoms with Crippen LogP contribution in [-0.4, -0.2) is 44.0 Å². The minimum absolute atomic E-state index is 0.0527. The van der Waals surface area contributed by atoms with Crippen molar-refractivity contribution < 1.29 is 23.1 Å². The Labute approximate surface area is 106 Å². The van der Waals surface area contributed by atoms with Crippen LogP contribution in [0.3, 0.4) is 0 Å². The molecule has 18 heavy (non-hydrogen) atoms. The molecule has 0 aliphatic rings. The first-order valence-corrected chi connectivity index (χ1v) is 6.60. The van der Waals surface area contributed by atoms with E-state index in [9.17, 15) is 13.2 Å². The normalized spacial score (nSPS) is 13.3. The third kappa shape index (κ3) is 2.62. The Morgan fingerprint density at radius 3 is 2.44 bits per heavy atom. The monoisotopic (exact) mass is 273 g/mol. The highest BCUT2D eigenvalue weighted by Gasteiger charge is 2.31. The van der Waals surface area contributed by atoms with Gasteiger partial charge in [0.1, 0.15) is 16.7 Å². The lowest BCUT2D eigenvalue weighted by atomic mass is 10.3. The highest BCUT2D eigenvalue weighted by Crippen LogP contribution is 2.26. The Kier molecular flexibility index (Phi) is 4.31. The molecular weight excluding hydrogens is 258 g/mol. The van der Waals surface area contributed by atoms with Crippen LogP contribution in [0.4, 0.5) is 0 Å². The fourth-order valence-electron chi connectivity index (χ4n) is 1.35. The second-order valence-electron chi connectivity index (χ2n) is 3.69. The molecule has 0 heterocycles. The summed E-state index contributed by atoms with van der Waals surface area (Å²) in [6.07, 6.45) is 0. The predicted molar refractivity (Wildman–Crippen MR) is 65.0 cm³/mol. The Morgan fingerprint density at radius 2 is 1.94 bits per heavy atom. The first kappa shape index (κ1) is 14.5. The van der Waals surface area contributed by atoms with Gasteiger partial charge in [-0.15, -0.1) is 0 Å². The summed E-state index contributed by atoms with van der Waals surface area (Å²) in [6, 6.07) is 4.92. The van der Waals surface area contributed by atoms with Crippen LogP contribution in [0.2, 0.25) is 0 Å². The molecule has 1 unspecified atom stereocenters. The van der Waals surface area contributed by atoms with Gasteiger partial charge in [-0.1, -0.05) is 12.1 Å². The Bertz CT molecular complexity index is 540. The van der Waals surface area contributed by atoms with E-state index in [0.717, 1.165) is 4.31 Å². The first-order chi connectivity index (χ1) is 8.32. The van der Waals surface area contributed by atoms with Crippen molar-refractivity contribution >= 4 is 16.0 Å². The molecule has 1 atom stereocenters. The van der Waals surface area contributed by atoms with Gasteiger partial charge in [-0.3, -0.25) is 4.79 Å². The summed E-state index contributed by atoms with van der Waals surface area (Å²) in [5.74, 6) is -1.03. The molecule has 0 saturated heterocycles. The van der Waals surface area contributed by atoms with E-state index in [0.29, 0.717) is 0 Å². The number of rotatable bonds is 5. The van der Waals surface area contributed by atoms with E-state index in [-0.39, 0.29) is 10.6 Å². The molecule has 7 heteroatoms. The predicted octanol–water partition coefficient (Wildman–Crippen LogP) is 0.789. The number of carboxylic acids is 1. The maximum absolute atomic E-state index is 12.2. The van der Waals surface area contributed by atoms with Crippen molar-refractivity contribution in [3.05, 3.63) is 24.3 Å². The van der Waals surface area contributed by atoms with E-state index in [1.807, 2.05) is 0 Å². The summed E-state index contributed by atoms with van der Waals surface area (Å²) < 4.78 is 30.2. The Balaban J connectivity index is 3.25. The lowest BCUT2D eigenvalue weighted by Gasteiger charge is -2.22. The minimum Gasteiger partial charge on any atom is -0.495 e. The lowest BCUT2D eigenvalue weighted by Crippen LogP contribution is -2.40. The average Bonchev–Trinajstić information content (AvgIpc) is 2.36. The zero-order valence-corrected chi connectivity index (χ0v) is 11.1. The summed E-state index contributed by atoms with van der Waals surface area (Å²) in [6.45, 7) is 1.30. The molecule has 1 N–H and O–H groups in total. The smallest absolute Gasteiger partial charge is 0.321 e. The van der Waals surface area contributed by atoms with Gasteiger partial charge in [0, 0.05) is 7.05 Å². The van der Waals surface area contributed by atoms with E-state index in [1.54, 1.807) is 12.1 Å². The molecule has 1 rings (SSSR count). The van der Waals surface area contributed by atoms with Crippen LogP contribution >= 0.6 is 0 Å². The number of aliphatic carboxylic acids is 1. The number of hydrogen-bond donors (Lipinski definition) is 1. The molecule has 100 valence electrons. The molecule has 0 bridgehead atoms. The second kappa shape index (κ2) is 5.36. The number of ether oxygens (including phenoxy) is 1. The number of para-hydroxylation sites is 1. The van der Waals surface area contributed by atoms with Gasteiger partial charge in [0.2, 0.25) is 10.0 Å². The molecule has 0 fully saturated rings. The van der Waals surface area contributed by atoms with Gasteiger partial charge in [0.05, 0.1) is 7.11 Å². The number of carbonyl (C=O) groups is 1. The van der Waals surface area contributed by atoms with Crippen molar-refractivity contribution in [3.8, 4) is 5.75 Å². The van der Waals surface area contributed by atoms with Gasteiger partial charge < -0.3 is 9.84 Å². The molecule has 0 aromatic heterocycles. The molecule has 6 nitrogen and oxygen atoms in total. The van der Waals surface area contributed by atoms with Crippen LogP contribution in [0, 0.1) is 0 Å². The van der Waals surface area contributed by atoms with Crippen molar-refractivity contribution in [1.29, 1.82) is 0 Å². The Morgan fingerprint density at radius 1 is 1.39 bits per heavy atom. The highest BCUT2D eigenvalue weighted by atomic mass is 32.2. The van der Waals surface area contributed by atoms with Gasteiger partial charge in [-0.25, -0.2) is 8.42 Å². The fourth-order valence-corrected chi connectivity index (χ4v) is 2.82. The number of nitrogens with zero attached hydrogens (tertiary/aromatic N) is 1. The molecule has 1 aromatic rings. The van der Waals surface area contributed by atoms with Gasteiger partial charge in [-0.05, 0) is 19.1 Å². The summed E-state index contributed by atoms with van der Waals surface area (Å²) >= 11 is 0. The minimum atomic E-state index is -3.90. The van der Waals surface area contributed by atoms with Gasteiger partial charge >= 0.3 is 5.97 Å². The molecule has 0 amide bonds. The van der Waals surface area contributed by atoms with Crippen LogP contribution in [0.15, 0.2) is 29.2 Å². The second-order valence-corrected chi connectivity index (χ2v) is 5.65. The number of methoxy groups -OCH3 is 1. The number of likely N-dealkylation sites (N-methyl/N-ethyl adjacent to an activating group) is 1. The van der Waals surface area contributed by atoms with E-state index in [4.69, 9.17) is 9.84 Å². The zero-order valence-electron chi connectivity index (χ0n) is 10.3. The van der Waals surface area contributed by atoms with E-state index in [1.165, 1.54) is 33.2 Å². The maximum atomic E-state index is 12.2. The SMILES string of the molecule is COc1ccccc1S(=O)(=O)N(C)C(C)C(=O)O. The third-order valence-electron chi connectivity index (χ3n) is 2.63.